The Hall–Kier alpha value is -2.66. The Morgan fingerprint density at radius 3 is 2.63 bits per heavy atom. The van der Waals surface area contributed by atoms with Crippen molar-refractivity contribution in [2.45, 2.75) is 46.0 Å². The van der Waals surface area contributed by atoms with Crippen LogP contribution in [0, 0.1) is 5.41 Å². The van der Waals surface area contributed by atoms with Gasteiger partial charge >= 0.3 is 5.97 Å². The number of hydrogen-bond donors (Lipinski definition) is 1. The number of aliphatic carboxylic acids is 1. The van der Waals surface area contributed by atoms with Crippen molar-refractivity contribution in [1.82, 2.24) is 4.98 Å². The van der Waals surface area contributed by atoms with E-state index >= 15 is 0 Å². The number of ether oxygens (including phenoxy) is 1. The molecule has 0 aliphatic carbocycles. The van der Waals surface area contributed by atoms with Crippen LogP contribution in [0.3, 0.4) is 0 Å². The van der Waals surface area contributed by atoms with E-state index in [-0.39, 0.29) is 5.41 Å². The highest BCUT2D eigenvalue weighted by Gasteiger charge is 2.32. The number of carbonyl (C=O) groups is 1. The zero-order valence-electron chi connectivity index (χ0n) is 17.6. The first kappa shape index (κ1) is 20.6. The Labute approximate surface area is 181 Å². The summed E-state index contributed by atoms with van der Waals surface area (Å²) in [6.45, 7) is 6.97. The van der Waals surface area contributed by atoms with E-state index in [1.807, 2.05) is 42.5 Å². The summed E-state index contributed by atoms with van der Waals surface area (Å²) in [6.07, 6.45) is 2.51. The van der Waals surface area contributed by atoms with Crippen LogP contribution in [0.25, 0.3) is 21.0 Å². The lowest BCUT2D eigenvalue weighted by molar-refractivity contribution is -0.139. The number of rotatable bonds is 5. The van der Waals surface area contributed by atoms with Crippen LogP contribution in [0.4, 0.5) is 0 Å². The predicted octanol–water partition coefficient (Wildman–Crippen LogP) is 6.41. The van der Waals surface area contributed by atoms with Gasteiger partial charge in [0.05, 0.1) is 17.2 Å². The van der Waals surface area contributed by atoms with Crippen LogP contribution in [0.5, 0.6) is 5.75 Å². The third-order valence-corrected chi connectivity index (χ3v) is 6.46. The van der Waals surface area contributed by atoms with Crippen molar-refractivity contribution in [2.75, 3.05) is 6.61 Å². The molecule has 2 aromatic carbocycles. The van der Waals surface area contributed by atoms with Crippen molar-refractivity contribution in [3.05, 3.63) is 59.8 Å². The van der Waals surface area contributed by atoms with Crippen LogP contribution in [0.1, 0.15) is 50.8 Å². The number of nitrogens with zero attached hydrogens (tertiary/aromatic N) is 1. The fourth-order valence-electron chi connectivity index (χ4n) is 3.89. The fraction of sp³-hybridized carbons (Fsp3) is 0.360. The van der Waals surface area contributed by atoms with Crippen molar-refractivity contribution in [1.29, 1.82) is 0 Å². The highest BCUT2D eigenvalue weighted by molar-refractivity contribution is 7.18. The van der Waals surface area contributed by atoms with E-state index in [9.17, 15) is 9.90 Å². The number of thiazole rings is 1. The Balaban J connectivity index is 1.85. The first-order chi connectivity index (χ1) is 14.3. The van der Waals surface area contributed by atoms with E-state index in [0.29, 0.717) is 12.1 Å². The molecule has 0 radical (unpaired) electrons. The molecular weight excluding hydrogens is 394 g/mol. The summed E-state index contributed by atoms with van der Waals surface area (Å²) in [4.78, 5) is 18.1. The predicted molar refractivity (Wildman–Crippen MR) is 121 cm³/mol. The van der Waals surface area contributed by atoms with Gasteiger partial charge in [-0.1, -0.05) is 51.1 Å². The molecule has 156 valence electrons. The summed E-state index contributed by atoms with van der Waals surface area (Å²) >= 11 is 1.57. The molecule has 1 unspecified atom stereocenters. The summed E-state index contributed by atoms with van der Waals surface area (Å²) in [5.41, 5.74) is 3.76. The highest BCUT2D eigenvalue weighted by Crippen LogP contribution is 2.43. The maximum atomic E-state index is 12.3. The zero-order chi connectivity index (χ0) is 21.3. The van der Waals surface area contributed by atoms with E-state index in [1.54, 1.807) is 11.3 Å². The maximum Gasteiger partial charge on any atom is 0.312 e. The molecule has 2 heterocycles. The first-order valence-electron chi connectivity index (χ1n) is 10.4. The second-order valence-electron chi connectivity index (χ2n) is 9.03. The molecule has 1 atom stereocenters. The molecule has 3 aromatic rings. The first-order valence-corrected chi connectivity index (χ1v) is 11.2. The Morgan fingerprint density at radius 2 is 1.93 bits per heavy atom. The molecule has 0 saturated heterocycles. The van der Waals surface area contributed by atoms with E-state index in [4.69, 9.17) is 9.72 Å². The molecule has 0 bridgehead atoms. The van der Waals surface area contributed by atoms with Gasteiger partial charge in [0.1, 0.15) is 16.7 Å². The van der Waals surface area contributed by atoms with Crippen LogP contribution in [-0.2, 0) is 11.2 Å². The molecule has 1 aromatic heterocycles. The van der Waals surface area contributed by atoms with Crippen LogP contribution in [0.2, 0.25) is 0 Å². The van der Waals surface area contributed by atoms with Crippen LogP contribution >= 0.6 is 11.3 Å². The summed E-state index contributed by atoms with van der Waals surface area (Å²) in [5.74, 6) is -0.540. The number of aromatic nitrogens is 1. The van der Waals surface area contributed by atoms with E-state index in [0.717, 1.165) is 46.2 Å². The molecule has 1 aliphatic rings. The molecule has 1 aliphatic heterocycles. The van der Waals surface area contributed by atoms with Gasteiger partial charge in [-0.05, 0) is 54.0 Å². The van der Waals surface area contributed by atoms with Crippen LogP contribution in [-0.4, -0.2) is 22.7 Å². The minimum absolute atomic E-state index is 0.124. The summed E-state index contributed by atoms with van der Waals surface area (Å²) < 4.78 is 5.76. The normalized spacial score (nSPS) is 14.6. The SMILES string of the molecule is CC(C)(C)CC(C(=O)O)c1nc(-c2ccccc2)sc1-c1ccc2c(c1)CCCO2. The lowest BCUT2D eigenvalue weighted by Gasteiger charge is -2.23. The van der Waals surface area contributed by atoms with Gasteiger partial charge in [-0.3, -0.25) is 4.79 Å². The van der Waals surface area contributed by atoms with Gasteiger partial charge in [0.25, 0.3) is 0 Å². The van der Waals surface area contributed by atoms with Gasteiger partial charge in [-0.25, -0.2) is 4.98 Å². The minimum atomic E-state index is -0.822. The smallest absolute Gasteiger partial charge is 0.312 e. The van der Waals surface area contributed by atoms with Gasteiger partial charge < -0.3 is 9.84 Å². The van der Waals surface area contributed by atoms with Crippen molar-refractivity contribution in [3.8, 4) is 26.8 Å². The standard InChI is InChI=1S/C25H27NO3S/c1-25(2,3)15-19(24(27)28)21-22(30-23(26-21)16-8-5-4-6-9-16)18-11-12-20-17(14-18)10-7-13-29-20/h4-6,8-9,11-12,14,19H,7,10,13,15H2,1-3H3,(H,27,28). The second kappa shape index (κ2) is 8.23. The van der Waals surface area contributed by atoms with Crippen molar-refractivity contribution >= 4 is 17.3 Å². The van der Waals surface area contributed by atoms with Gasteiger partial charge in [-0.2, -0.15) is 0 Å². The van der Waals surface area contributed by atoms with E-state index in [1.165, 1.54) is 5.56 Å². The Bertz CT molecular complexity index is 1050. The molecule has 30 heavy (non-hydrogen) atoms. The average molecular weight is 422 g/mol. The summed E-state index contributed by atoms with van der Waals surface area (Å²) in [7, 11) is 0. The average Bonchev–Trinajstić information content (AvgIpc) is 3.16. The molecule has 4 rings (SSSR count). The number of benzene rings is 2. The van der Waals surface area contributed by atoms with Gasteiger partial charge in [0, 0.05) is 5.56 Å². The number of aryl methyl sites for hydroxylation is 1. The van der Waals surface area contributed by atoms with Crippen LogP contribution < -0.4 is 4.74 Å². The van der Waals surface area contributed by atoms with Gasteiger partial charge in [-0.15, -0.1) is 11.3 Å². The lowest BCUT2D eigenvalue weighted by atomic mass is 9.82. The van der Waals surface area contributed by atoms with Gasteiger partial charge in [0.2, 0.25) is 0 Å². The molecule has 4 nitrogen and oxygen atoms in total. The second-order valence-corrected chi connectivity index (χ2v) is 10.0. The quantitative estimate of drug-likeness (QED) is 0.517. The minimum Gasteiger partial charge on any atom is -0.493 e. The molecule has 5 heteroatoms. The van der Waals surface area contributed by atoms with Crippen molar-refractivity contribution < 1.29 is 14.6 Å². The lowest BCUT2D eigenvalue weighted by Crippen LogP contribution is -2.20. The number of hydrogen-bond acceptors (Lipinski definition) is 4. The molecular formula is C25H27NO3S. The monoisotopic (exact) mass is 421 g/mol. The molecule has 0 saturated carbocycles. The summed E-state index contributed by atoms with van der Waals surface area (Å²) in [5, 5.41) is 10.9. The molecule has 0 fully saturated rings. The molecule has 0 amide bonds. The largest absolute Gasteiger partial charge is 0.493 e. The van der Waals surface area contributed by atoms with Crippen molar-refractivity contribution in [2.24, 2.45) is 5.41 Å². The summed E-state index contributed by atoms with van der Waals surface area (Å²) in [6, 6.07) is 16.2. The zero-order valence-corrected chi connectivity index (χ0v) is 18.5. The fourth-order valence-corrected chi connectivity index (χ4v) is 5.02. The molecule has 0 spiro atoms. The topological polar surface area (TPSA) is 59.4 Å². The number of carboxylic acids is 1. The third-order valence-electron chi connectivity index (χ3n) is 5.29. The van der Waals surface area contributed by atoms with Crippen LogP contribution in [0.15, 0.2) is 48.5 Å². The molecule has 1 N–H and O–H groups in total. The van der Waals surface area contributed by atoms with E-state index < -0.39 is 11.9 Å². The third kappa shape index (κ3) is 4.41. The number of fused-ring (bicyclic) bond motifs is 1. The highest BCUT2D eigenvalue weighted by atomic mass is 32.1. The Kier molecular flexibility index (Phi) is 5.65. The number of carboxylic acid groups (broad SMARTS) is 1. The Morgan fingerprint density at radius 1 is 1.17 bits per heavy atom. The van der Waals surface area contributed by atoms with E-state index in [2.05, 4.69) is 26.8 Å². The van der Waals surface area contributed by atoms with Gasteiger partial charge in [0.15, 0.2) is 0 Å². The van der Waals surface area contributed by atoms with Crippen molar-refractivity contribution in [3.63, 3.8) is 0 Å². The maximum absolute atomic E-state index is 12.3.